The fourth-order valence-corrected chi connectivity index (χ4v) is 5.91. The van der Waals surface area contributed by atoms with Gasteiger partial charge in [0.2, 0.25) is 0 Å². The zero-order valence-corrected chi connectivity index (χ0v) is 13.2. The van der Waals surface area contributed by atoms with Gasteiger partial charge in [0.15, 0.2) is 0 Å². The van der Waals surface area contributed by atoms with Gasteiger partial charge in [0, 0.05) is 6.04 Å². The lowest BCUT2D eigenvalue weighted by Crippen LogP contribution is -2.48. The lowest BCUT2D eigenvalue weighted by molar-refractivity contribution is -0.0472. The van der Waals surface area contributed by atoms with Crippen LogP contribution in [0.5, 0.6) is 5.75 Å². The Kier molecular flexibility index (Phi) is 3.25. The number of aryl methyl sites for hydroxylation is 1. The summed E-state index contributed by atoms with van der Waals surface area (Å²) in [5.74, 6) is 5.47. The number of hydrogen-bond donors (Lipinski definition) is 1. The molecule has 0 aromatic heterocycles. The second kappa shape index (κ2) is 5.01. The molecule has 1 unspecified atom stereocenters. The van der Waals surface area contributed by atoms with E-state index in [1.807, 2.05) is 0 Å². The van der Waals surface area contributed by atoms with E-state index in [-0.39, 0.29) is 6.04 Å². The van der Waals surface area contributed by atoms with Crippen LogP contribution in [0.15, 0.2) is 18.2 Å². The average molecular weight is 285 g/mol. The highest BCUT2D eigenvalue weighted by atomic mass is 16.5. The Morgan fingerprint density at radius 3 is 2.19 bits per heavy atom. The summed E-state index contributed by atoms with van der Waals surface area (Å²) >= 11 is 0. The first-order chi connectivity index (χ1) is 10.2. The summed E-state index contributed by atoms with van der Waals surface area (Å²) in [6.07, 6.45) is 7.29. The van der Waals surface area contributed by atoms with Crippen molar-refractivity contribution < 1.29 is 4.74 Å². The van der Waals surface area contributed by atoms with Gasteiger partial charge in [-0.3, -0.25) is 0 Å². The molecule has 0 amide bonds. The summed E-state index contributed by atoms with van der Waals surface area (Å²) in [6, 6.07) is 6.61. The van der Waals surface area contributed by atoms with Crippen molar-refractivity contribution >= 4 is 0 Å². The van der Waals surface area contributed by atoms with Gasteiger partial charge in [0.1, 0.15) is 5.75 Å². The van der Waals surface area contributed by atoms with Gasteiger partial charge in [-0.25, -0.2) is 0 Å². The molecule has 0 saturated heterocycles. The van der Waals surface area contributed by atoms with E-state index in [9.17, 15) is 0 Å². The SMILES string of the molecule is COc1ccc(C(N)C2C3CC4CC(C3)CC2C4)c(C)c1. The largest absolute Gasteiger partial charge is 0.497 e. The molecule has 2 heteroatoms. The van der Waals surface area contributed by atoms with Crippen LogP contribution in [0.25, 0.3) is 0 Å². The molecule has 21 heavy (non-hydrogen) atoms. The van der Waals surface area contributed by atoms with Crippen LogP contribution in [0.1, 0.15) is 49.3 Å². The van der Waals surface area contributed by atoms with E-state index in [2.05, 4.69) is 25.1 Å². The van der Waals surface area contributed by atoms with Gasteiger partial charge in [0.05, 0.1) is 7.11 Å². The first kappa shape index (κ1) is 13.6. The van der Waals surface area contributed by atoms with E-state index in [1.165, 1.54) is 43.2 Å². The molecule has 4 bridgehead atoms. The number of hydrogen-bond acceptors (Lipinski definition) is 2. The lowest BCUT2D eigenvalue weighted by Gasteiger charge is -2.56. The van der Waals surface area contributed by atoms with Crippen LogP contribution < -0.4 is 10.5 Å². The van der Waals surface area contributed by atoms with E-state index in [0.29, 0.717) is 5.92 Å². The van der Waals surface area contributed by atoms with Gasteiger partial charge in [-0.1, -0.05) is 6.07 Å². The zero-order chi connectivity index (χ0) is 14.6. The van der Waals surface area contributed by atoms with Crippen LogP contribution in [0.3, 0.4) is 0 Å². The van der Waals surface area contributed by atoms with Crippen molar-refractivity contribution in [3.05, 3.63) is 29.3 Å². The summed E-state index contributed by atoms with van der Waals surface area (Å²) < 4.78 is 5.33. The van der Waals surface area contributed by atoms with Crippen molar-refractivity contribution in [1.29, 1.82) is 0 Å². The minimum absolute atomic E-state index is 0.214. The molecule has 1 atom stereocenters. The van der Waals surface area contributed by atoms with Gasteiger partial charge >= 0.3 is 0 Å². The third-order valence-corrected chi connectivity index (χ3v) is 6.55. The maximum Gasteiger partial charge on any atom is 0.119 e. The highest BCUT2D eigenvalue weighted by molar-refractivity contribution is 5.37. The number of ether oxygens (including phenoxy) is 1. The van der Waals surface area contributed by atoms with Gasteiger partial charge < -0.3 is 10.5 Å². The molecule has 4 fully saturated rings. The van der Waals surface area contributed by atoms with Crippen LogP contribution in [0.4, 0.5) is 0 Å². The van der Waals surface area contributed by atoms with Crippen molar-refractivity contribution in [2.45, 2.75) is 45.1 Å². The van der Waals surface area contributed by atoms with Crippen molar-refractivity contribution in [3.63, 3.8) is 0 Å². The van der Waals surface area contributed by atoms with Gasteiger partial charge in [0.25, 0.3) is 0 Å². The van der Waals surface area contributed by atoms with Crippen LogP contribution in [0.2, 0.25) is 0 Å². The van der Waals surface area contributed by atoms with Gasteiger partial charge in [-0.05, 0) is 91.9 Å². The van der Waals surface area contributed by atoms with Crippen molar-refractivity contribution in [1.82, 2.24) is 0 Å². The van der Waals surface area contributed by atoms with Crippen molar-refractivity contribution in [2.24, 2.45) is 35.3 Å². The topological polar surface area (TPSA) is 35.2 Å². The van der Waals surface area contributed by atoms with Crippen LogP contribution in [0, 0.1) is 36.5 Å². The molecule has 4 saturated carbocycles. The second-order valence-electron chi connectivity index (χ2n) is 7.76. The average Bonchev–Trinajstić information content (AvgIpc) is 2.45. The van der Waals surface area contributed by atoms with E-state index in [0.717, 1.165) is 29.4 Å². The molecule has 0 radical (unpaired) electrons. The molecular formula is C19H27NO. The molecule has 1 aromatic rings. The zero-order valence-electron chi connectivity index (χ0n) is 13.2. The molecule has 114 valence electrons. The fourth-order valence-electron chi connectivity index (χ4n) is 5.91. The lowest BCUT2D eigenvalue weighted by atomic mass is 9.50. The van der Waals surface area contributed by atoms with Crippen LogP contribution in [-0.2, 0) is 0 Å². The second-order valence-corrected chi connectivity index (χ2v) is 7.76. The summed E-state index contributed by atoms with van der Waals surface area (Å²) in [5, 5.41) is 0. The van der Waals surface area contributed by atoms with Crippen LogP contribution in [-0.4, -0.2) is 7.11 Å². The smallest absolute Gasteiger partial charge is 0.119 e. The normalized spacial score (nSPS) is 38.5. The van der Waals surface area contributed by atoms with E-state index in [1.54, 1.807) is 7.11 Å². The molecular weight excluding hydrogens is 258 g/mol. The minimum atomic E-state index is 0.214. The van der Waals surface area contributed by atoms with Gasteiger partial charge in [-0.2, -0.15) is 0 Å². The van der Waals surface area contributed by atoms with E-state index in [4.69, 9.17) is 10.5 Å². The fraction of sp³-hybridized carbons (Fsp3) is 0.684. The van der Waals surface area contributed by atoms with Crippen LogP contribution >= 0.6 is 0 Å². The third-order valence-electron chi connectivity index (χ3n) is 6.55. The van der Waals surface area contributed by atoms with Crippen molar-refractivity contribution in [2.75, 3.05) is 7.11 Å². The Morgan fingerprint density at radius 1 is 1.05 bits per heavy atom. The van der Waals surface area contributed by atoms with E-state index < -0.39 is 0 Å². The standard InChI is InChI=1S/C19H27NO/c1-11-5-16(21-2)3-4-17(11)19(20)18-14-7-12-6-13(9-14)10-15(18)8-12/h3-5,12-15,18-19H,6-10,20H2,1-2H3. The van der Waals surface area contributed by atoms with Crippen molar-refractivity contribution in [3.8, 4) is 5.75 Å². The molecule has 0 spiro atoms. The summed E-state index contributed by atoms with van der Waals surface area (Å²) in [5.41, 5.74) is 9.40. The first-order valence-corrected chi connectivity index (χ1v) is 8.55. The quantitative estimate of drug-likeness (QED) is 0.908. The minimum Gasteiger partial charge on any atom is -0.497 e. The molecule has 5 rings (SSSR count). The Bertz CT molecular complexity index is 510. The highest BCUT2D eigenvalue weighted by Gasteiger charge is 2.50. The Morgan fingerprint density at radius 2 is 1.67 bits per heavy atom. The maximum absolute atomic E-state index is 6.77. The number of benzene rings is 1. The molecule has 4 aliphatic carbocycles. The number of rotatable bonds is 3. The molecule has 4 aliphatic rings. The first-order valence-electron chi connectivity index (χ1n) is 8.55. The summed E-state index contributed by atoms with van der Waals surface area (Å²) in [7, 11) is 1.73. The number of methoxy groups -OCH3 is 1. The molecule has 0 aliphatic heterocycles. The summed E-state index contributed by atoms with van der Waals surface area (Å²) in [4.78, 5) is 0. The monoisotopic (exact) mass is 285 g/mol. The predicted octanol–water partition coefficient (Wildman–Crippen LogP) is 4.08. The third kappa shape index (κ3) is 2.19. The maximum atomic E-state index is 6.77. The highest BCUT2D eigenvalue weighted by Crippen LogP contribution is 2.59. The van der Waals surface area contributed by atoms with E-state index >= 15 is 0 Å². The predicted molar refractivity (Wildman–Crippen MR) is 85.2 cm³/mol. The Labute approximate surface area is 128 Å². The Balaban J connectivity index is 1.61. The molecule has 2 nitrogen and oxygen atoms in total. The molecule has 1 aromatic carbocycles. The summed E-state index contributed by atoms with van der Waals surface area (Å²) in [6.45, 7) is 2.17. The Hall–Kier alpha value is -1.02. The van der Waals surface area contributed by atoms with Gasteiger partial charge in [-0.15, -0.1) is 0 Å². The number of nitrogens with two attached hydrogens (primary N) is 1. The molecule has 0 heterocycles. The molecule has 2 N–H and O–H groups in total.